The number of rotatable bonds is 4. The van der Waals surface area contributed by atoms with Gasteiger partial charge in [0.1, 0.15) is 0 Å². The van der Waals surface area contributed by atoms with Crippen molar-refractivity contribution in [3.8, 4) is 0 Å². The lowest BCUT2D eigenvalue weighted by Crippen LogP contribution is -2.41. The van der Waals surface area contributed by atoms with Gasteiger partial charge < -0.3 is 14.0 Å². The van der Waals surface area contributed by atoms with Gasteiger partial charge in [-0.3, -0.25) is 4.79 Å². The van der Waals surface area contributed by atoms with E-state index in [0.717, 1.165) is 27.1 Å². The second-order valence-electron chi connectivity index (χ2n) is 8.83. The minimum absolute atomic E-state index is 0.142. The van der Waals surface area contributed by atoms with E-state index in [1.807, 2.05) is 76.2 Å². The van der Waals surface area contributed by atoms with Crippen molar-refractivity contribution in [2.24, 2.45) is 0 Å². The van der Waals surface area contributed by atoms with Crippen molar-refractivity contribution in [3.05, 3.63) is 59.1 Å². The molecule has 1 heterocycles. The van der Waals surface area contributed by atoms with E-state index in [9.17, 15) is 4.79 Å². The van der Waals surface area contributed by atoms with Gasteiger partial charge in [0, 0.05) is 16.6 Å². The highest BCUT2D eigenvalue weighted by atomic mass is 35.5. The summed E-state index contributed by atoms with van der Waals surface area (Å²) in [5, 5.41) is 4.57. The Hall–Kier alpha value is -2.08. The summed E-state index contributed by atoms with van der Waals surface area (Å²) in [7, 11) is 0.809. The first-order chi connectivity index (χ1) is 14.2. The molecular formula is C24H26BClO4. The SMILES string of the molecule is COC(=O)CC(B1OC(C)(C)C(C)(C)O1)c1c2ccccc2c(Cl)c2ccccc12. The second-order valence-corrected chi connectivity index (χ2v) is 9.21. The molecule has 0 amide bonds. The van der Waals surface area contributed by atoms with Gasteiger partial charge in [0.25, 0.3) is 0 Å². The second kappa shape index (κ2) is 7.56. The molecule has 1 unspecified atom stereocenters. The van der Waals surface area contributed by atoms with Crippen molar-refractivity contribution in [3.63, 3.8) is 0 Å². The van der Waals surface area contributed by atoms with Gasteiger partial charge >= 0.3 is 13.1 Å². The van der Waals surface area contributed by atoms with Gasteiger partial charge in [-0.1, -0.05) is 60.1 Å². The van der Waals surface area contributed by atoms with Crippen LogP contribution in [-0.2, 0) is 18.8 Å². The number of benzene rings is 3. The lowest BCUT2D eigenvalue weighted by Gasteiger charge is -2.32. The number of fused-ring (bicyclic) bond motifs is 2. The molecule has 0 bridgehead atoms. The third kappa shape index (κ3) is 3.39. The average molecular weight is 425 g/mol. The van der Waals surface area contributed by atoms with Crippen molar-refractivity contribution in [2.75, 3.05) is 7.11 Å². The van der Waals surface area contributed by atoms with Crippen LogP contribution in [-0.4, -0.2) is 31.4 Å². The van der Waals surface area contributed by atoms with Gasteiger partial charge in [-0.25, -0.2) is 0 Å². The molecule has 30 heavy (non-hydrogen) atoms. The van der Waals surface area contributed by atoms with E-state index < -0.39 is 18.3 Å². The van der Waals surface area contributed by atoms with E-state index in [4.69, 9.17) is 25.6 Å². The minimum atomic E-state index is -0.595. The maximum Gasteiger partial charge on any atom is 0.466 e. The Balaban J connectivity index is 1.99. The van der Waals surface area contributed by atoms with Crippen LogP contribution in [0.4, 0.5) is 0 Å². The Morgan fingerprint density at radius 3 is 1.80 bits per heavy atom. The number of methoxy groups -OCH3 is 1. The maximum atomic E-state index is 12.5. The van der Waals surface area contributed by atoms with Crippen LogP contribution in [0.15, 0.2) is 48.5 Å². The van der Waals surface area contributed by atoms with Crippen LogP contribution in [0.25, 0.3) is 21.5 Å². The lowest BCUT2D eigenvalue weighted by atomic mass is 9.64. The molecule has 1 aliphatic rings. The summed E-state index contributed by atoms with van der Waals surface area (Å²) in [6, 6.07) is 16.0. The average Bonchev–Trinajstić information content (AvgIpc) is 2.94. The fourth-order valence-electron chi connectivity index (χ4n) is 4.16. The lowest BCUT2D eigenvalue weighted by molar-refractivity contribution is -0.140. The molecule has 0 radical (unpaired) electrons. The third-order valence-electron chi connectivity index (χ3n) is 6.49. The monoisotopic (exact) mass is 424 g/mol. The molecule has 6 heteroatoms. The van der Waals surface area contributed by atoms with Gasteiger partial charge in [0.2, 0.25) is 0 Å². The number of carbonyl (C=O) groups is 1. The molecule has 0 aliphatic carbocycles. The zero-order chi connectivity index (χ0) is 21.7. The van der Waals surface area contributed by atoms with E-state index >= 15 is 0 Å². The van der Waals surface area contributed by atoms with Crippen molar-refractivity contribution in [1.82, 2.24) is 0 Å². The normalized spacial score (nSPS) is 18.7. The maximum absolute atomic E-state index is 12.5. The predicted octanol–water partition coefficient (Wildman–Crippen LogP) is 5.92. The summed E-state index contributed by atoms with van der Waals surface area (Å²) in [4.78, 5) is 12.5. The predicted molar refractivity (Wildman–Crippen MR) is 122 cm³/mol. The Labute approximate surface area is 182 Å². The van der Waals surface area contributed by atoms with E-state index in [2.05, 4.69) is 0 Å². The van der Waals surface area contributed by atoms with Gasteiger partial charge in [-0.15, -0.1) is 0 Å². The van der Waals surface area contributed by atoms with Gasteiger partial charge in [-0.05, 0) is 44.0 Å². The molecule has 156 valence electrons. The molecule has 1 fully saturated rings. The van der Waals surface area contributed by atoms with Crippen LogP contribution in [0.5, 0.6) is 0 Å². The summed E-state index contributed by atoms with van der Waals surface area (Å²) < 4.78 is 17.8. The summed E-state index contributed by atoms with van der Waals surface area (Å²) in [5.41, 5.74) is -0.0248. The molecule has 0 saturated carbocycles. The Morgan fingerprint density at radius 2 is 1.37 bits per heavy atom. The number of esters is 1. The van der Waals surface area contributed by atoms with Gasteiger partial charge in [-0.2, -0.15) is 0 Å². The van der Waals surface area contributed by atoms with Crippen molar-refractivity contribution in [1.29, 1.82) is 0 Å². The summed E-state index contributed by atoms with van der Waals surface area (Å²) >= 11 is 6.78. The van der Waals surface area contributed by atoms with Crippen molar-refractivity contribution in [2.45, 2.75) is 51.1 Å². The zero-order valence-corrected chi connectivity index (χ0v) is 18.7. The number of ether oxygens (including phenoxy) is 1. The number of carbonyl (C=O) groups excluding carboxylic acids is 1. The molecule has 1 aliphatic heterocycles. The minimum Gasteiger partial charge on any atom is -0.469 e. The number of hydrogen-bond acceptors (Lipinski definition) is 4. The smallest absolute Gasteiger partial charge is 0.466 e. The number of halogens is 1. The first-order valence-corrected chi connectivity index (χ1v) is 10.6. The van der Waals surface area contributed by atoms with Crippen LogP contribution in [0.3, 0.4) is 0 Å². The Morgan fingerprint density at radius 1 is 0.933 bits per heavy atom. The summed E-state index contributed by atoms with van der Waals surface area (Å²) in [6.45, 7) is 8.06. The summed E-state index contributed by atoms with van der Waals surface area (Å²) in [6.07, 6.45) is 0.142. The molecule has 3 aromatic rings. The first-order valence-electron chi connectivity index (χ1n) is 10.2. The topological polar surface area (TPSA) is 44.8 Å². The van der Waals surface area contributed by atoms with E-state index in [-0.39, 0.29) is 18.2 Å². The van der Waals surface area contributed by atoms with Crippen molar-refractivity contribution < 1.29 is 18.8 Å². The van der Waals surface area contributed by atoms with E-state index in [1.54, 1.807) is 0 Å². The molecule has 4 rings (SSSR count). The van der Waals surface area contributed by atoms with Crippen molar-refractivity contribution >= 4 is 46.2 Å². The van der Waals surface area contributed by atoms with Crippen LogP contribution >= 0.6 is 11.6 Å². The molecule has 3 aromatic carbocycles. The molecule has 0 N–H and O–H groups in total. The molecule has 0 spiro atoms. The van der Waals surface area contributed by atoms with E-state index in [0.29, 0.717) is 5.02 Å². The van der Waals surface area contributed by atoms with Gasteiger partial charge in [0.05, 0.1) is 29.8 Å². The highest BCUT2D eigenvalue weighted by Crippen LogP contribution is 2.46. The molecular weight excluding hydrogens is 399 g/mol. The zero-order valence-electron chi connectivity index (χ0n) is 18.0. The van der Waals surface area contributed by atoms with Crippen LogP contribution < -0.4 is 0 Å². The highest BCUT2D eigenvalue weighted by Gasteiger charge is 2.54. The molecule has 1 atom stereocenters. The molecule has 4 nitrogen and oxygen atoms in total. The fraction of sp³-hybridized carbons (Fsp3) is 0.375. The van der Waals surface area contributed by atoms with Crippen LogP contribution in [0, 0.1) is 0 Å². The quantitative estimate of drug-likeness (QED) is 0.296. The fourth-order valence-corrected chi connectivity index (χ4v) is 4.49. The Bertz CT molecular complexity index is 1050. The van der Waals surface area contributed by atoms with Crippen LogP contribution in [0.2, 0.25) is 5.02 Å². The Kier molecular flexibility index (Phi) is 5.33. The van der Waals surface area contributed by atoms with Gasteiger partial charge in [0.15, 0.2) is 0 Å². The highest BCUT2D eigenvalue weighted by molar-refractivity contribution is 6.49. The largest absolute Gasteiger partial charge is 0.469 e. The molecule has 0 aromatic heterocycles. The third-order valence-corrected chi connectivity index (χ3v) is 6.90. The molecule has 1 saturated heterocycles. The number of hydrogen-bond donors (Lipinski definition) is 0. The first kappa shape index (κ1) is 21.2. The standard InChI is InChI=1S/C24H26BClO4/c1-23(2)24(3,4)30-25(29-23)19(14-20(27)28-5)21-15-10-6-8-12-17(15)22(26)18-13-9-7-11-16(18)21/h6-13,19H,14H2,1-5H3. The van der Waals surface area contributed by atoms with E-state index in [1.165, 1.54) is 7.11 Å². The summed E-state index contributed by atoms with van der Waals surface area (Å²) in [5.74, 6) is -0.664. The van der Waals surface area contributed by atoms with Crippen LogP contribution in [0.1, 0.15) is 45.5 Å².